The first-order chi connectivity index (χ1) is 9.26. The molecule has 2 aromatic rings. The Labute approximate surface area is 117 Å². The fraction of sp³-hybridized carbons (Fsp3) is 0.357. The molecule has 0 unspecified atom stereocenters. The number of aryl methyl sites for hydroxylation is 1. The van der Waals surface area contributed by atoms with Gasteiger partial charge in [-0.3, -0.25) is 4.68 Å². The SMILES string of the molecule is COc1cccc(CCl)c1OCCc1ccnn1C. The quantitative estimate of drug-likeness (QED) is 0.764. The van der Waals surface area contributed by atoms with Gasteiger partial charge < -0.3 is 9.47 Å². The van der Waals surface area contributed by atoms with E-state index in [-0.39, 0.29) is 0 Å². The predicted molar refractivity (Wildman–Crippen MR) is 75.0 cm³/mol. The molecule has 102 valence electrons. The normalized spacial score (nSPS) is 10.5. The summed E-state index contributed by atoms with van der Waals surface area (Å²) >= 11 is 5.92. The van der Waals surface area contributed by atoms with Crippen LogP contribution in [-0.2, 0) is 19.3 Å². The van der Waals surface area contributed by atoms with Crippen LogP contribution in [0.1, 0.15) is 11.3 Å². The van der Waals surface area contributed by atoms with E-state index in [9.17, 15) is 0 Å². The van der Waals surface area contributed by atoms with Gasteiger partial charge in [0.2, 0.25) is 0 Å². The maximum Gasteiger partial charge on any atom is 0.165 e. The summed E-state index contributed by atoms with van der Waals surface area (Å²) in [6, 6.07) is 7.70. The van der Waals surface area contributed by atoms with Gasteiger partial charge in [0.15, 0.2) is 11.5 Å². The highest BCUT2D eigenvalue weighted by atomic mass is 35.5. The zero-order chi connectivity index (χ0) is 13.7. The minimum absolute atomic E-state index is 0.401. The van der Waals surface area contributed by atoms with E-state index in [1.54, 1.807) is 13.3 Å². The minimum Gasteiger partial charge on any atom is -0.493 e. The number of rotatable bonds is 6. The Morgan fingerprint density at radius 1 is 1.32 bits per heavy atom. The van der Waals surface area contributed by atoms with Crippen LogP contribution in [0.15, 0.2) is 30.5 Å². The summed E-state index contributed by atoms with van der Waals surface area (Å²) in [6.07, 6.45) is 2.57. The number of benzene rings is 1. The van der Waals surface area contributed by atoms with E-state index in [0.29, 0.717) is 18.2 Å². The van der Waals surface area contributed by atoms with Crippen LogP contribution in [0.2, 0.25) is 0 Å². The molecule has 0 bridgehead atoms. The molecule has 0 aliphatic carbocycles. The number of halogens is 1. The van der Waals surface area contributed by atoms with Crippen LogP contribution in [0, 0.1) is 0 Å². The smallest absolute Gasteiger partial charge is 0.165 e. The molecule has 0 spiro atoms. The third kappa shape index (κ3) is 3.20. The molecule has 0 atom stereocenters. The fourth-order valence-corrected chi connectivity index (χ4v) is 2.11. The number of hydrogen-bond donors (Lipinski definition) is 0. The van der Waals surface area contributed by atoms with Crippen molar-refractivity contribution >= 4 is 11.6 Å². The van der Waals surface area contributed by atoms with Crippen LogP contribution in [-0.4, -0.2) is 23.5 Å². The van der Waals surface area contributed by atoms with Crippen molar-refractivity contribution in [2.45, 2.75) is 12.3 Å². The van der Waals surface area contributed by atoms with Gasteiger partial charge in [-0.05, 0) is 12.1 Å². The van der Waals surface area contributed by atoms with Crippen molar-refractivity contribution in [2.75, 3.05) is 13.7 Å². The number of nitrogens with zero attached hydrogens (tertiary/aromatic N) is 2. The monoisotopic (exact) mass is 280 g/mol. The van der Waals surface area contributed by atoms with E-state index in [4.69, 9.17) is 21.1 Å². The second-order valence-electron chi connectivity index (χ2n) is 4.13. The highest BCUT2D eigenvalue weighted by Gasteiger charge is 2.10. The van der Waals surface area contributed by atoms with Gasteiger partial charge in [-0.2, -0.15) is 5.10 Å². The second kappa shape index (κ2) is 6.48. The van der Waals surface area contributed by atoms with E-state index >= 15 is 0 Å². The summed E-state index contributed by atoms with van der Waals surface area (Å²) in [5.41, 5.74) is 2.06. The number of para-hydroxylation sites is 1. The maximum absolute atomic E-state index is 5.92. The highest BCUT2D eigenvalue weighted by Crippen LogP contribution is 2.32. The molecular formula is C14H17ClN2O2. The third-order valence-corrected chi connectivity index (χ3v) is 3.24. The summed E-state index contributed by atoms with van der Waals surface area (Å²) in [5, 5.41) is 4.13. The van der Waals surface area contributed by atoms with E-state index in [1.807, 2.05) is 36.0 Å². The van der Waals surface area contributed by atoms with Gasteiger partial charge in [-0.1, -0.05) is 12.1 Å². The first-order valence-corrected chi connectivity index (χ1v) is 6.61. The molecule has 0 aliphatic rings. The topological polar surface area (TPSA) is 36.3 Å². The summed E-state index contributed by atoms with van der Waals surface area (Å²) < 4.78 is 13.0. The minimum atomic E-state index is 0.401. The summed E-state index contributed by atoms with van der Waals surface area (Å²) in [4.78, 5) is 0. The third-order valence-electron chi connectivity index (χ3n) is 2.95. The second-order valence-corrected chi connectivity index (χ2v) is 4.39. The van der Waals surface area contributed by atoms with Crippen LogP contribution >= 0.6 is 11.6 Å². The van der Waals surface area contributed by atoms with Gasteiger partial charge in [-0.15, -0.1) is 11.6 Å². The number of ether oxygens (including phenoxy) is 2. The maximum atomic E-state index is 5.92. The lowest BCUT2D eigenvalue weighted by atomic mass is 10.2. The Bertz CT molecular complexity index is 518. The Kier molecular flexibility index (Phi) is 4.68. The van der Waals surface area contributed by atoms with Crippen molar-refractivity contribution in [1.82, 2.24) is 9.78 Å². The lowest BCUT2D eigenvalue weighted by molar-refractivity contribution is 0.293. The zero-order valence-electron chi connectivity index (χ0n) is 11.1. The van der Waals surface area contributed by atoms with Crippen molar-refractivity contribution in [3.63, 3.8) is 0 Å². The molecule has 0 N–H and O–H groups in total. The van der Waals surface area contributed by atoms with Crippen molar-refractivity contribution in [3.8, 4) is 11.5 Å². The molecule has 1 aromatic carbocycles. The molecule has 2 rings (SSSR count). The molecule has 4 nitrogen and oxygen atoms in total. The molecule has 5 heteroatoms. The summed E-state index contributed by atoms with van der Waals surface area (Å²) in [7, 11) is 3.55. The summed E-state index contributed by atoms with van der Waals surface area (Å²) in [6.45, 7) is 0.559. The van der Waals surface area contributed by atoms with Gasteiger partial charge in [0.1, 0.15) is 0 Å². The molecule has 0 amide bonds. The first kappa shape index (κ1) is 13.7. The summed E-state index contributed by atoms with van der Waals surface area (Å²) in [5.74, 6) is 1.84. The standard InChI is InChI=1S/C14H17ClN2O2/c1-17-12(6-8-16-17)7-9-19-14-11(10-15)4-3-5-13(14)18-2/h3-6,8H,7,9-10H2,1-2H3. The molecule has 19 heavy (non-hydrogen) atoms. The molecule has 0 saturated heterocycles. The van der Waals surface area contributed by atoms with Gasteiger partial charge >= 0.3 is 0 Å². The number of hydrogen-bond acceptors (Lipinski definition) is 3. The van der Waals surface area contributed by atoms with Crippen LogP contribution in [0.25, 0.3) is 0 Å². The zero-order valence-corrected chi connectivity index (χ0v) is 11.9. The largest absolute Gasteiger partial charge is 0.493 e. The van der Waals surface area contributed by atoms with Crippen LogP contribution in [0.5, 0.6) is 11.5 Å². The van der Waals surface area contributed by atoms with Crippen molar-refractivity contribution in [2.24, 2.45) is 7.05 Å². The fourth-order valence-electron chi connectivity index (χ4n) is 1.90. The Morgan fingerprint density at radius 3 is 2.79 bits per heavy atom. The number of aromatic nitrogens is 2. The van der Waals surface area contributed by atoms with Gasteiger partial charge in [-0.25, -0.2) is 0 Å². The predicted octanol–water partition coefficient (Wildman–Crippen LogP) is 2.79. The average Bonchev–Trinajstić information content (AvgIpc) is 2.84. The molecule has 0 aliphatic heterocycles. The molecule has 0 saturated carbocycles. The van der Waals surface area contributed by atoms with E-state index < -0.39 is 0 Å². The van der Waals surface area contributed by atoms with Gasteiger partial charge in [0.05, 0.1) is 19.6 Å². The molecule has 0 fully saturated rings. The Hall–Kier alpha value is -1.68. The first-order valence-electron chi connectivity index (χ1n) is 6.07. The van der Waals surface area contributed by atoms with Crippen molar-refractivity contribution < 1.29 is 9.47 Å². The average molecular weight is 281 g/mol. The van der Waals surface area contributed by atoms with E-state index in [1.165, 1.54) is 0 Å². The number of alkyl halides is 1. The Morgan fingerprint density at radius 2 is 2.16 bits per heavy atom. The highest BCUT2D eigenvalue weighted by molar-refractivity contribution is 6.17. The van der Waals surface area contributed by atoms with Gasteiger partial charge in [0.25, 0.3) is 0 Å². The van der Waals surface area contributed by atoms with Crippen LogP contribution in [0.4, 0.5) is 0 Å². The van der Waals surface area contributed by atoms with Crippen molar-refractivity contribution in [1.29, 1.82) is 0 Å². The molecule has 1 heterocycles. The Balaban J connectivity index is 2.04. The lowest BCUT2D eigenvalue weighted by Gasteiger charge is -2.13. The number of methoxy groups -OCH3 is 1. The van der Waals surface area contributed by atoms with E-state index in [0.717, 1.165) is 23.4 Å². The molecular weight excluding hydrogens is 264 g/mol. The molecule has 1 aromatic heterocycles. The van der Waals surface area contributed by atoms with E-state index in [2.05, 4.69) is 5.10 Å². The van der Waals surface area contributed by atoms with Crippen molar-refractivity contribution in [3.05, 3.63) is 41.7 Å². The lowest BCUT2D eigenvalue weighted by Crippen LogP contribution is -2.07. The van der Waals surface area contributed by atoms with Gasteiger partial charge in [0, 0.05) is 30.9 Å². The van der Waals surface area contributed by atoms with Crippen LogP contribution in [0.3, 0.4) is 0 Å². The molecule has 0 radical (unpaired) electrons. The van der Waals surface area contributed by atoms with Crippen LogP contribution < -0.4 is 9.47 Å².